The summed E-state index contributed by atoms with van der Waals surface area (Å²) in [5, 5.41) is 15.7. The van der Waals surface area contributed by atoms with Crippen LogP contribution in [0.1, 0.15) is 37.0 Å². The fraction of sp³-hybridized carbons (Fsp3) is 0.750. The van der Waals surface area contributed by atoms with E-state index in [0.29, 0.717) is 11.7 Å². The van der Waals surface area contributed by atoms with Crippen molar-refractivity contribution in [1.29, 1.82) is 0 Å². The lowest BCUT2D eigenvalue weighted by Crippen LogP contribution is -2.26. The van der Waals surface area contributed by atoms with E-state index in [0.717, 1.165) is 13.0 Å². The van der Waals surface area contributed by atoms with E-state index in [2.05, 4.69) is 15.5 Å². The number of piperidine rings is 1. The summed E-state index contributed by atoms with van der Waals surface area (Å²) in [6.45, 7) is 0.845. The highest BCUT2D eigenvalue weighted by Crippen LogP contribution is 2.20. The summed E-state index contributed by atoms with van der Waals surface area (Å²) in [5.74, 6) is 0.964. The SMILES string of the molecule is OCc1noc(C2CCCCN2)n1. The molecule has 1 saturated heterocycles. The Labute approximate surface area is 76.1 Å². The van der Waals surface area contributed by atoms with Gasteiger partial charge in [0.2, 0.25) is 5.89 Å². The van der Waals surface area contributed by atoms with Gasteiger partial charge in [0.05, 0.1) is 6.04 Å². The Balaban J connectivity index is 2.05. The first-order valence-corrected chi connectivity index (χ1v) is 4.57. The lowest BCUT2D eigenvalue weighted by molar-refractivity contribution is 0.259. The van der Waals surface area contributed by atoms with Crippen LogP contribution in [0.25, 0.3) is 0 Å². The maximum Gasteiger partial charge on any atom is 0.243 e. The van der Waals surface area contributed by atoms with Gasteiger partial charge in [0.15, 0.2) is 5.82 Å². The van der Waals surface area contributed by atoms with E-state index < -0.39 is 0 Å². The Morgan fingerprint density at radius 1 is 1.54 bits per heavy atom. The van der Waals surface area contributed by atoms with Gasteiger partial charge >= 0.3 is 0 Å². The molecule has 0 bridgehead atoms. The minimum absolute atomic E-state index is 0.157. The molecule has 0 saturated carbocycles. The predicted octanol–water partition coefficient (Wildman–Crippen LogP) is 0.377. The molecule has 1 aromatic rings. The van der Waals surface area contributed by atoms with Crippen LogP contribution in [0.3, 0.4) is 0 Å². The van der Waals surface area contributed by atoms with Crippen molar-refractivity contribution in [3.05, 3.63) is 11.7 Å². The van der Waals surface area contributed by atoms with Crippen molar-refractivity contribution in [2.45, 2.75) is 31.9 Å². The predicted molar refractivity (Wildman–Crippen MR) is 44.8 cm³/mol. The molecule has 0 aliphatic carbocycles. The summed E-state index contributed by atoms with van der Waals surface area (Å²) < 4.78 is 5.01. The van der Waals surface area contributed by atoms with Gasteiger partial charge in [-0.05, 0) is 19.4 Å². The third-order valence-electron chi connectivity index (χ3n) is 2.23. The fourth-order valence-electron chi connectivity index (χ4n) is 1.54. The van der Waals surface area contributed by atoms with Crippen LogP contribution in [0.5, 0.6) is 0 Å². The molecule has 1 fully saturated rings. The average molecular weight is 183 g/mol. The summed E-state index contributed by atoms with van der Waals surface area (Å²) in [6.07, 6.45) is 3.43. The molecule has 1 unspecified atom stereocenters. The van der Waals surface area contributed by atoms with E-state index in [1.165, 1.54) is 12.8 Å². The fourth-order valence-corrected chi connectivity index (χ4v) is 1.54. The van der Waals surface area contributed by atoms with E-state index in [1.54, 1.807) is 0 Å². The Kier molecular flexibility index (Phi) is 2.56. The van der Waals surface area contributed by atoms with Gasteiger partial charge in [-0.2, -0.15) is 4.98 Å². The largest absolute Gasteiger partial charge is 0.388 e. The summed E-state index contributed by atoms with van der Waals surface area (Å²) >= 11 is 0. The number of nitrogens with zero attached hydrogens (tertiary/aromatic N) is 2. The molecule has 1 aliphatic rings. The van der Waals surface area contributed by atoms with Crippen molar-refractivity contribution in [1.82, 2.24) is 15.5 Å². The zero-order chi connectivity index (χ0) is 9.10. The first-order valence-electron chi connectivity index (χ1n) is 4.57. The molecular formula is C8H13N3O2. The van der Waals surface area contributed by atoms with E-state index in [4.69, 9.17) is 9.63 Å². The van der Waals surface area contributed by atoms with Gasteiger partial charge in [0, 0.05) is 0 Å². The maximum atomic E-state index is 8.74. The molecule has 5 nitrogen and oxygen atoms in total. The van der Waals surface area contributed by atoms with Crippen LogP contribution >= 0.6 is 0 Å². The summed E-state index contributed by atoms with van der Waals surface area (Å²) in [5.41, 5.74) is 0. The zero-order valence-electron chi connectivity index (χ0n) is 7.36. The first kappa shape index (κ1) is 8.65. The molecule has 5 heteroatoms. The van der Waals surface area contributed by atoms with Crippen molar-refractivity contribution < 1.29 is 9.63 Å². The minimum atomic E-state index is -0.157. The topological polar surface area (TPSA) is 71.2 Å². The molecule has 0 radical (unpaired) electrons. The van der Waals surface area contributed by atoms with Crippen molar-refractivity contribution in [2.75, 3.05) is 6.54 Å². The first-order chi connectivity index (χ1) is 6.40. The number of hydrogen-bond donors (Lipinski definition) is 2. The zero-order valence-corrected chi connectivity index (χ0v) is 7.36. The molecule has 0 amide bonds. The van der Waals surface area contributed by atoms with Crippen LogP contribution in [0.15, 0.2) is 4.52 Å². The smallest absolute Gasteiger partial charge is 0.243 e. The molecule has 72 valence electrons. The third kappa shape index (κ3) is 1.87. The molecule has 0 aromatic carbocycles. The van der Waals surface area contributed by atoms with Crippen LogP contribution in [-0.2, 0) is 6.61 Å². The van der Waals surface area contributed by atoms with E-state index in [9.17, 15) is 0 Å². The molecule has 2 heterocycles. The second kappa shape index (κ2) is 3.85. The van der Waals surface area contributed by atoms with E-state index in [1.807, 2.05) is 0 Å². The number of aliphatic hydroxyl groups is 1. The average Bonchev–Trinajstić information content (AvgIpc) is 2.67. The van der Waals surface area contributed by atoms with Crippen LogP contribution < -0.4 is 5.32 Å². The van der Waals surface area contributed by atoms with Crippen LogP contribution in [-0.4, -0.2) is 21.8 Å². The minimum Gasteiger partial charge on any atom is -0.388 e. The van der Waals surface area contributed by atoms with Gasteiger partial charge in [0.25, 0.3) is 0 Å². The second-order valence-electron chi connectivity index (χ2n) is 3.21. The van der Waals surface area contributed by atoms with Crippen molar-refractivity contribution in [3.8, 4) is 0 Å². The van der Waals surface area contributed by atoms with Gasteiger partial charge in [-0.15, -0.1) is 0 Å². The third-order valence-corrected chi connectivity index (χ3v) is 2.23. The molecule has 1 atom stereocenters. The molecule has 2 N–H and O–H groups in total. The summed E-state index contributed by atoms with van der Waals surface area (Å²) in [6, 6.07) is 0.182. The molecule has 1 aliphatic heterocycles. The number of hydrogen-bond acceptors (Lipinski definition) is 5. The highest BCUT2D eigenvalue weighted by molar-refractivity contribution is 4.93. The molecular weight excluding hydrogens is 170 g/mol. The number of aliphatic hydroxyl groups excluding tert-OH is 1. The molecule has 13 heavy (non-hydrogen) atoms. The highest BCUT2D eigenvalue weighted by Gasteiger charge is 2.20. The van der Waals surface area contributed by atoms with E-state index >= 15 is 0 Å². The molecule has 0 spiro atoms. The van der Waals surface area contributed by atoms with Crippen LogP contribution in [0.4, 0.5) is 0 Å². The standard InChI is InChI=1S/C8H13N3O2/c12-5-7-10-8(13-11-7)6-3-1-2-4-9-6/h6,9,12H,1-5H2. The maximum absolute atomic E-state index is 8.74. The number of nitrogens with one attached hydrogen (secondary N) is 1. The summed E-state index contributed by atoms with van der Waals surface area (Å²) in [7, 11) is 0. The second-order valence-corrected chi connectivity index (χ2v) is 3.21. The molecule has 1 aromatic heterocycles. The normalized spacial score (nSPS) is 23.3. The number of rotatable bonds is 2. The Bertz CT molecular complexity index is 268. The molecule has 2 rings (SSSR count). The van der Waals surface area contributed by atoms with Gasteiger partial charge in [-0.1, -0.05) is 11.6 Å². The highest BCUT2D eigenvalue weighted by atomic mass is 16.5. The van der Waals surface area contributed by atoms with Gasteiger partial charge < -0.3 is 14.9 Å². The van der Waals surface area contributed by atoms with Crippen LogP contribution in [0, 0.1) is 0 Å². The quantitative estimate of drug-likeness (QED) is 0.693. The lowest BCUT2D eigenvalue weighted by Gasteiger charge is -2.19. The Hall–Kier alpha value is -0.940. The van der Waals surface area contributed by atoms with Crippen molar-refractivity contribution in [2.24, 2.45) is 0 Å². The van der Waals surface area contributed by atoms with Crippen molar-refractivity contribution in [3.63, 3.8) is 0 Å². The Morgan fingerprint density at radius 3 is 3.08 bits per heavy atom. The lowest BCUT2D eigenvalue weighted by atomic mass is 10.1. The van der Waals surface area contributed by atoms with Gasteiger partial charge in [0.1, 0.15) is 6.61 Å². The van der Waals surface area contributed by atoms with E-state index in [-0.39, 0.29) is 12.6 Å². The number of aromatic nitrogens is 2. The van der Waals surface area contributed by atoms with Crippen molar-refractivity contribution >= 4 is 0 Å². The Morgan fingerprint density at radius 2 is 2.46 bits per heavy atom. The summed E-state index contributed by atoms with van der Waals surface area (Å²) in [4.78, 5) is 4.06. The van der Waals surface area contributed by atoms with Gasteiger partial charge in [-0.3, -0.25) is 0 Å². The van der Waals surface area contributed by atoms with Gasteiger partial charge in [-0.25, -0.2) is 0 Å². The monoisotopic (exact) mass is 183 g/mol. The van der Waals surface area contributed by atoms with Crippen LogP contribution in [0.2, 0.25) is 0 Å².